The summed E-state index contributed by atoms with van der Waals surface area (Å²) in [4.78, 5) is 12.0. The average molecular weight is 355 g/mol. The first kappa shape index (κ1) is 16.9. The first-order valence-electron chi connectivity index (χ1n) is 6.32. The van der Waals surface area contributed by atoms with Gasteiger partial charge < -0.3 is 14.9 Å². The molecule has 3 N–H and O–H groups in total. The molecule has 0 spiro atoms. The zero-order chi connectivity index (χ0) is 17.0. The van der Waals surface area contributed by atoms with Gasteiger partial charge in [0.1, 0.15) is 16.5 Å². The van der Waals surface area contributed by atoms with Crippen LogP contribution in [0.3, 0.4) is 0 Å². The van der Waals surface area contributed by atoms with E-state index in [1.807, 2.05) is 0 Å². The summed E-state index contributed by atoms with van der Waals surface area (Å²) in [6, 6.07) is 7.90. The molecule has 120 valence electrons. The first-order valence-corrected chi connectivity index (χ1v) is 7.07. The molecule has 0 saturated carbocycles. The number of benzene rings is 2. The number of nitrogens with one attached hydrogen (secondary N) is 1. The van der Waals surface area contributed by atoms with Gasteiger partial charge in [0.05, 0.1) is 23.9 Å². The van der Waals surface area contributed by atoms with E-state index in [0.29, 0.717) is 11.3 Å². The Hall–Kier alpha value is -2.44. The highest BCUT2D eigenvalue weighted by molar-refractivity contribution is 6.38. The van der Waals surface area contributed by atoms with Crippen molar-refractivity contribution in [1.82, 2.24) is 5.43 Å². The lowest BCUT2D eigenvalue weighted by atomic mass is 10.2. The number of hydrogen-bond donors (Lipinski definition) is 3. The monoisotopic (exact) mass is 354 g/mol. The van der Waals surface area contributed by atoms with Crippen LogP contribution in [0.1, 0.15) is 15.9 Å². The number of nitrogens with zero attached hydrogens (tertiary/aromatic N) is 1. The van der Waals surface area contributed by atoms with E-state index < -0.39 is 17.4 Å². The maximum atomic E-state index is 12.0. The Balaban J connectivity index is 2.18. The molecule has 23 heavy (non-hydrogen) atoms. The van der Waals surface area contributed by atoms with E-state index in [-0.39, 0.29) is 15.6 Å². The molecular formula is C15H12Cl2N2O4. The molecule has 0 unspecified atom stereocenters. The van der Waals surface area contributed by atoms with Crippen molar-refractivity contribution in [3.63, 3.8) is 0 Å². The highest BCUT2D eigenvalue weighted by atomic mass is 35.5. The predicted octanol–water partition coefficient (Wildman–Crippen LogP) is 3.18. The minimum atomic E-state index is -0.492. The van der Waals surface area contributed by atoms with Gasteiger partial charge in [-0.25, -0.2) is 5.43 Å². The summed E-state index contributed by atoms with van der Waals surface area (Å²) in [6.07, 6.45) is 1.15. The molecule has 8 heteroatoms. The summed E-state index contributed by atoms with van der Waals surface area (Å²) in [7, 11) is 1.45. The molecule has 0 bridgehead atoms. The number of carbonyl (C=O) groups excluding carboxylic acids is 1. The lowest BCUT2D eigenvalue weighted by molar-refractivity contribution is 0.0952. The zero-order valence-corrected chi connectivity index (χ0v) is 13.4. The second-order valence-corrected chi connectivity index (χ2v) is 5.14. The number of hydrogen-bond acceptors (Lipinski definition) is 5. The topological polar surface area (TPSA) is 91.2 Å². The predicted molar refractivity (Wildman–Crippen MR) is 87.8 cm³/mol. The Morgan fingerprint density at radius 2 is 1.96 bits per heavy atom. The van der Waals surface area contributed by atoms with Crippen LogP contribution in [-0.4, -0.2) is 29.4 Å². The van der Waals surface area contributed by atoms with Gasteiger partial charge in [0, 0.05) is 5.56 Å². The van der Waals surface area contributed by atoms with Gasteiger partial charge in [-0.3, -0.25) is 4.79 Å². The number of para-hydroxylation sites is 1. The lowest BCUT2D eigenvalue weighted by Gasteiger charge is -2.07. The summed E-state index contributed by atoms with van der Waals surface area (Å²) in [5.74, 6) is -0.919. The number of ether oxygens (including phenoxy) is 1. The molecule has 0 aromatic heterocycles. The van der Waals surface area contributed by atoms with Crippen LogP contribution in [0.4, 0.5) is 0 Å². The summed E-state index contributed by atoms with van der Waals surface area (Å²) in [6.45, 7) is 0. The maximum absolute atomic E-state index is 12.0. The van der Waals surface area contributed by atoms with Gasteiger partial charge in [0.15, 0.2) is 5.75 Å². The Morgan fingerprint density at radius 3 is 2.65 bits per heavy atom. The van der Waals surface area contributed by atoms with Crippen LogP contribution in [0.25, 0.3) is 0 Å². The number of carbonyl (C=O) groups is 1. The third kappa shape index (κ3) is 3.67. The number of phenolic OH excluding ortho intramolecular Hbond substituents is 2. The van der Waals surface area contributed by atoms with Crippen molar-refractivity contribution >= 4 is 35.3 Å². The molecule has 1 amide bonds. The minimum Gasteiger partial charge on any atom is -0.506 e. The van der Waals surface area contributed by atoms with Crippen LogP contribution in [0.5, 0.6) is 17.2 Å². The number of hydrazone groups is 1. The molecule has 0 aliphatic heterocycles. The minimum absolute atomic E-state index is 0.0506. The van der Waals surface area contributed by atoms with Gasteiger partial charge in [0.2, 0.25) is 0 Å². The van der Waals surface area contributed by atoms with Gasteiger partial charge in [0.25, 0.3) is 5.91 Å². The molecule has 0 atom stereocenters. The quantitative estimate of drug-likeness (QED) is 0.580. The van der Waals surface area contributed by atoms with Crippen LogP contribution in [0.2, 0.25) is 10.0 Å². The number of halogens is 2. The van der Waals surface area contributed by atoms with Crippen molar-refractivity contribution in [3.05, 3.63) is 51.5 Å². The molecule has 2 aromatic rings. The highest BCUT2D eigenvalue weighted by Crippen LogP contribution is 2.40. The summed E-state index contributed by atoms with van der Waals surface area (Å²) < 4.78 is 5.08. The fourth-order valence-corrected chi connectivity index (χ4v) is 2.24. The Kier molecular flexibility index (Phi) is 5.31. The van der Waals surface area contributed by atoms with E-state index >= 15 is 0 Å². The van der Waals surface area contributed by atoms with E-state index in [9.17, 15) is 15.0 Å². The van der Waals surface area contributed by atoms with Crippen LogP contribution >= 0.6 is 23.2 Å². The van der Waals surface area contributed by atoms with Crippen molar-refractivity contribution in [1.29, 1.82) is 0 Å². The van der Waals surface area contributed by atoms with Crippen LogP contribution in [-0.2, 0) is 0 Å². The van der Waals surface area contributed by atoms with Crippen LogP contribution in [0, 0.1) is 0 Å². The summed E-state index contributed by atoms with van der Waals surface area (Å²) in [5, 5.41) is 22.7. The molecule has 2 rings (SSSR count). The van der Waals surface area contributed by atoms with Crippen molar-refractivity contribution in [2.45, 2.75) is 0 Å². The first-order chi connectivity index (χ1) is 11.0. The molecule has 2 aromatic carbocycles. The van der Waals surface area contributed by atoms with Gasteiger partial charge in [-0.15, -0.1) is 0 Å². The molecule has 0 aliphatic carbocycles. The standard InChI is InChI=1S/C15H12Cl2N2O4/c1-23-11-5-3-2-4-9(11)15(22)19-18-7-8-6-10(16)14(21)12(17)13(8)20/h2-7,20-21H,1H3,(H,19,22)/b18-7+. The van der Waals surface area contributed by atoms with E-state index in [1.165, 1.54) is 13.2 Å². The van der Waals surface area contributed by atoms with E-state index in [4.69, 9.17) is 27.9 Å². The van der Waals surface area contributed by atoms with Crippen LogP contribution in [0.15, 0.2) is 35.4 Å². The number of amides is 1. The maximum Gasteiger partial charge on any atom is 0.275 e. The third-order valence-electron chi connectivity index (χ3n) is 2.92. The lowest BCUT2D eigenvalue weighted by Crippen LogP contribution is -2.18. The second kappa shape index (κ2) is 7.21. The molecule has 0 radical (unpaired) electrons. The Morgan fingerprint density at radius 1 is 1.26 bits per heavy atom. The van der Waals surface area contributed by atoms with Crippen molar-refractivity contribution in [2.75, 3.05) is 7.11 Å². The normalized spacial score (nSPS) is 10.7. The van der Waals surface area contributed by atoms with E-state index in [0.717, 1.165) is 6.21 Å². The fraction of sp³-hybridized carbons (Fsp3) is 0.0667. The number of methoxy groups -OCH3 is 1. The largest absolute Gasteiger partial charge is 0.506 e. The molecule has 0 fully saturated rings. The molecular weight excluding hydrogens is 343 g/mol. The molecule has 0 aliphatic rings. The second-order valence-electron chi connectivity index (χ2n) is 4.36. The third-order valence-corrected chi connectivity index (χ3v) is 3.57. The smallest absolute Gasteiger partial charge is 0.275 e. The molecule has 0 saturated heterocycles. The van der Waals surface area contributed by atoms with Crippen molar-refractivity contribution < 1.29 is 19.7 Å². The Labute approximate surface area is 141 Å². The van der Waals surface area contributed by atoms with Gasteiger partial charge >= 0.3 is 0 Å². The van der Waals surface area contributed by atoms with Crippen molar-refractivity contribution in [2.24, 2.45) is 5.10 Å². The fourth-order valence-electron chi connectivity index (χ4n) is 1.77. The van der Waals surface area contributed by atoms with E-state index in [2.05, 4.69) is 10.5 Å². The SMILES string of the molecule is COc1ccccc1C(=O)N/N=C/c1cc(Cl)c(O)c(Cl)c1O. The van der Waals surface area contributed by atoms with Crippen LogP contribution < -0.4 is 10.2 Å². The van der Waals surface area contributed by atoms with Gasteiger partial charge in [-0.1, -0.05) is 35.3 Å². The number of aromatic hydroxyl groups is 2. The number of rotatable bonds is 4. The van der Waals surface area contributed by atoms with Crippen molar-refractivity contribution in [3.8, 4) is 17.2 Å². The number of phenols is 2. The van der Waals surface area contributed by atoms with Gasteiger partial charge in [-0.2, -0.15) is 5.10 Å². The summed E-state index contributed by atoms with van der Waals surface area (Å²) >= 11 is 11.5. The highest BCUT2D eigenvalue weighted by Gasteiger charge is 2.14. The van der Waals surface area contributed by atoms with E-state index in [1.54, 1.807) is 24.3 Å². The summed E-state index contributed by atoms with van der Waals surface area (Å²) in [5.41, 5.74) is 2.73. The van der Waals surface area contributed by atoms with Gasteiger partial charge in [-0.05, 0) is 18.2 Å². The zero-order valence-electron chi connectivity index (χ0n) is 11.9. The Bertz CT molecular complexity index is 778. The molecule has 6 nitrogen and oxygen atoms in total. The average Bonchev–Trinajstić information content (AvgIpc) is 2.57. The molecule has 0 heterocycles.